The van der Waals surface area contributed by atoms with Crippen LogP contribution in [0, 0.1) is 11.8 Å². The molecule has 2 fully saturated rings. The van der Waals surface area contributed by atoms with Crippen LogP contribution in [-0.2, 0) is 19.1 Å². The Bertz CT molecular complexity index is 261. The molecule has 2 bridgehead atoms. The zero-order valence-electron chi connectivity index (χ0n) is 8.19. The van der Waals surface area contributed by atoms with Crippen LogP contribution in [0.5, 0.6) is 0 Å². The first-order chi connectivity index (χ1) is 6.74. The molecule has 0 radical (unpaired) electrons. The lowest BCUT2D eigenvalue weighted by atomic mass is 9.89. The minimum atomic E-state index is -0.352. The molecule has 2 aliphatic rings. The Morgan fingerprint density at radius 2 is 2.14 bits per heavy atom. The molecular formula is C10H14O4. The Morgan fingerprint density at radius 1 is 1.43 bits per heavy atom. The summed E-state index contributed by atoms with van der Waals surface area (Å²) in [6.45, 7) is 0. The fourth-order valence-electron chi connectivity index (χ4n) is 2.41. The van der Waals surface area contributed by atoms with Crippen LogP contribution in [0.2, 0.25) is 0 Å². The Labute approximate surface area is 82.6 Å². The molecule has 1 saturated heterocycles. The highest BCUT2D eigenvalue weighted by molar-refractivity contribution is 5.85. The highest BCUT2D eigenvalue weighted by atomic mass is 16.6. The van der Waals surface area contributed by atoms with Crippen molar-refractivity contribution in [2.75, 3.05) is 7.11 Å². The molecule has 1 saturated carbocycles. The van der Waals surface area contributed by atoms with E-state index >= 15 is 0 Å². The maximum atomic E-state index is 11.5. The molecule has 2 rings (SSSR count). The summed E-state index contributed by atoms with van der Waals surface area (Å²) in [4.78, 5) is 22.9. The van der Waals surface area contributed by atoms with Crippen molar-refractivity contribution in [1.29, 1.82) is 0 Å². The molecular weight excluding hydrogens is 184 g/mol. The number of ether oxygens (including phenoxy) is 2. The van der Waals surface area contributed by atoms with Gasteiger partial charge in [0.25, 0.3) is 0 Å². The highest BCUT2D eigenvalue weighted by Crippen LogP contribution is 2.38. The van der Waals surface area contributed by atoms with E-state index in [0.29, 0.717) is 0 Å². The summed E-state index contributed by atoms with van der Waals surface area (Å²) >= 11 is 0. The summed E-state index contributed by atoms with van der Waals surface area (Å²) in [6, 6.07) is 0. The molecule has 0 spiro atoms. The fourth-order valence-corrected chi connectivity index (χ4v) is 2.41. The molecule has 4 heteroatoms. The molecule has 1 heterocycles. The number of carbonyl (C=O) groups is 2. The largest absolute Gasteiger partial charge is 0.469 e. The third-order valence-corrected chi connectivity index (χ3v) is 3.13. The lowest BCUT2D eigenvalue weighted by Crippen LogP contribution is -2.29. The lowest BCUT2D eigenvalue weighted by Gasteiger charge is -2.14. The Morgan fingerprint density at radius 3 is 2.86 bits per heavy atom. The molecule has 0 aromatic carbocycles. The van der Waals surface area contributed by atoms with Gasteiger partial charge in [-0.25, -0.2) is 0 Å². The van der Waals surface area contributed by atoms with E-state index < -0.39 is 0 Å². The van der Waals surface area contributed by atoms with Gasteiger partial charge in [0.05, 0.1) is 13.0 Å². The van der Waals surface area contributed by atoms with E-state index in [-0.39, 0.29) is 29.9 Å². The van der Waals surface area contributed by atoms with Gasteiger partial charge in [0.15, 0.2) is 0 Å². The van der Waals surface area contributed by atoms with Gasteiger partial charge in [-0.1, -0.05) is 6.42 Å². The van der Waals surface area contributed by atoms with Gasteiger partial charge < -0.3 is 9.47 Å². The number of hydrogen-bond acceptors (Lipinski definition) is 4. The molecule has 1 aliphatic carbocycles. The molecule has 78 valence electrons. The minimum absolute atomic E-state index is 0.217. The average Bonchev–Trinajstić information content (AvgIpc) is 2.37. The van der Waals surface area contributed by atoms with E-state index in [2.05, 4.69) is 0 Å². The third kappa shape index (κ3) is 1.38. The van der Waals surface area contributed by atoms with Crippen LogP contribution in [0.25, 0.3) is 0 Å². The Balaban J connectivity index is 2.21. The summed E-state index contributed by atoms with van der Waals surface area (Å²) in [5.74, 6) is -1.12. The number of methoxy groups -OCH3 is 1. The van der Waals surface area contributed by atoms with Crippen LogP contribution in [0.1, 0.15) is 25.7 Å². The molecule has 1 aliphatic heterocycles. The van der Waals surface area contributed by atoms with Crippen molar-refractivity contribution in [2.45, 2.75) is 31.8 Å². The second-order valence-corrected chi connectivity index (χ2v) is 3.92. The van der Waals surface area contributed by atoms with Gasteiger partial charge in [-0.15, -0.1) is 0 Å². The molecule has 0 amide bonds. The second-order valence-electron chi connectivity index (χ2n) is 3.92. The van der Waals surface area contributed by atoms with Crippen molar-refractivity contribution in [3.05, 3.63) is 0 Å². The van der Waals surface area contributed by atoms with Crippen molar-refractivity contribution in [3.63, 3.8) is 0 Å². The van der Waals surface area contributed by atoms with Crippen LogP contribution in [-0.4, -0.2) is 25.2 Å². The first-order valence-corrected chi connectivity index (χ1v) is 5.02. The first-order valence-electron chi connectivity index (χ1n) is 5.02. The summed E-state index contributed by atoms with van der Waals surface area (Å²) in [5, 5.41) is 0. The molecule has 14 heavy (non-hydrogen) atoms. The smallest absolute Gasteiger partial charge is 0.313 e. The zero-order chi connectivity index (χ0) is 10.1. The molecule has 0 N–H and O–H groups in total. The van der Waals surface area contributed by atoms with E-state index in [1.165, 1.54) is 7.11 Å². The van der Waals surface area contributed by atoms with Crippen LogP contribution in [0.4, 0.5) is 0 Å². The molecule has 3 unspecified atom stereocenters. The Kier molecular flexibility index (Phi) is 2.44. The quantitative estimate of drug-likeness (QED) is 0.587. The maximum Gasteiger partial charge on any atom is 0.313 e. The number of esters is 2. The summed E-state index contributed by atoms with van der Waals surface area (Å²) in [6.07, 6.45) is 3.35. The Hall–Kier alpha value is -1.06. The van der Waals surface area contributed by atoms with E-state index in [1.807, 2.05) is 0 Å². The van der Waals surface area contributed by atoms with E-state index in [4.69, 9.17) is 9.47 Å². The van der Waals surface area contributed by atoms with Gasteiger partial charge >= 0.3 is 11.9 Å². The summed E-state index contributed by atoms with van der Waals surface area (Å²) < 4.78 is 9.86. The van der Waals surface area contributed by atoms with Crippen molar-refractivity contribution >= 4 is 11.9 Å². The molecule has 3 atom stereocenters. The highest BCUT2D eigenvalue weighted by Gasteiger charge is 2.49. The standard InChI is InChI=1S/C10H14O4/c1-13-10(12)8-6-4-2-3-5-7(8)14-9(6)11/h6-8H,2-5H2,1H3. The van der Waals surface area contributed by atoms with Crippen LogP contribution in [0.15, 0.2) is 0 Å². The first kappa shape index (κ1) is 9.49. The van der Waals surface area contributed by atoms with E-state index in [9.17, 15) is 9.59 Å². The summed E-state index contributed by atoms with van der Waals surface area (Å²) in [5.41, 5.74) is 0. The predicted molar refractivity (Wildman–Crippen MR) is 47.3 cm³/mol. The monoisotopic (exact) mass is 198 g/mol. The van der Waals surface area contributed by atoms with Gasteiger partial charge in [0.1, 0.15) is 12.0 Å². The molecule has 4 nitrogen and oxygen atoms in total. The van der Waals surface area contributed by atoms with Crippen molar-refractivity contribution in [1.82, 2.24) is 0 Å². The van der Waals surface area contributed by atoms with Crippen LogP contribution >= 0.6 is 0 Å². The van der Waals surface area contributed by atoms with Gasteiger partial charge in [0, 0.05) is 0 Å². The number of hydrogen-bond donors (Lipinski definition) is 0. The van der Waals surface area contributed by atoms with E-state index in [1.54, 1.807) is 0 Å². The number of rotatable bonds is 1. The third-order valence-electron chi connectivity index (χ3n) is 3.13. The normalized spacial score (nSPS) is 36.1. The minimum Gasteiger partial charge on any atom is -0.469 e. The average molecular weight is 198 g/mol. The van der Waals surface area contributed by atoms with Crippen LogP contribution < -0.4 is 0 Å². The fraction of sp³-hybridized carbons (Fsp3) is 0.800. The van der Waals surface area contributed by atoms with Crippen molar-refractivity contribution in [2.24, 2.45) is 11.8 Å². The van der Waals surface area contributed by atoms with E-state index in [0.717, 1.165) is 25.7 Å². The van der Waals surface area contributed by atoms with Crippen LogP contribution in [0.3, 0.4) is 0 Å². The SMILES string of the molecule is COC(=O)C1C2CCCCC1C(=O)O2. The predicted octanol–water partition coefficient (Wildman–Crippen LogP) is 0.891. The maximum absolute atomic E-state index is 11.5. The molecule has 0 aromatic rings. The van der Waals surface area contributed by atoms with Gasteiger partial charge in [-0.2, -0.15) is 0 Å². The summed E-state index contributed by atoms with van der Waals surface area (Å²) in [7, 11) is 1.36. The number of fused-ring (bicyclic) bond motifs is 2. The van der Waals surface area contributed by atoms with Gasteiger partial charge in [-0.3, -0.25) is 9.59 Å². The van der Waals surface area contributed by atoms with Gasteiger partial charge in [-0.05, 0) is 19.3 Å². The molecule has 0 aromatic heterocycles. The lowest BCUT2D eigenvalue weighted by molar-refractivity contribution is -0.148. The van der Waals surface area contributed by atoms with Crippen molar-refractivity contribution < 1.29 is 19.1 Å². The topological polar surface area (TPSA) is 52.6 Å². The van der Waals surface area contributed by atoms with Crippen molar-refractivity contribution in [3.8, 4) is 0 Å². The second kappa shape index (κ2) is 3.59. The zero-order valence-corrected chi connectivity index (χ0v) is 8.19. The number of carbonyl (C=O) groups excluding carboxylic acids is 2. The van der Waals surface area contributed by atoms with Gasteiger partial charge in [0.2, 0.25) is 0 Å².